The van der Waals surface area contributed by atoms with Crippen LogP contribution < -0.4 is 16.6 Å². The van der Waals surface area contributed by atoms with Gasteiger partial charge in [-0.15, -0.1) is 0 Å². The SMILES string of the molecule is O=c1ccc2cc(B(O)O)cnc2[nH]1.O=c1ccc2cc(Br)cnc2[nH]1. The van der Waals surface area contributed by atoms with Crippen molar-refractivity contribution in [3.05, 3.63) is 74.0 Å². The van der Waals surface area contributed by atoms with E-state index in [1.54, 1.807) is 24.4 Å². The molecule has 10 heteroatoms. The molecule has 0 aromatic carbocycles. The van der Waals surface area contributed by atoms with E-state index in [4.69, 9.17) is 10.0 Å². The Morgan fingerprint density at radius 1 is 0.846 bits per heavy atom. The molecular weight excluding hydrogens is 403 g/mol. The van der Waals surface area contributed by atoms with Crippen molar-refractivity contribution in [3.63, 3.8) is 0 Å². The number of nitrogens with one attached hydrogen (secondary N) is 2. The first kappa shape index (κ1) is 18.0. The summed E-state index contributed by atoms with van der Waals surface area (Å²) < 4.78 is 0.905. The standard InChI is InChI=1S/C8H7BN2O3.C8H5BrN2O/c12-7-2-1-5-3-6(9(13)14)4-10-8(5)11-7;9-6-3-5-1-2-7(12)11-8(5)10-4-6/h1-4,13-14H,(H,10,11,12);1-4H,(H,10,11,12). The van der Waals surface area contributed by atoms with E-state index < -0.39 is 7.12 Å². The van der Waals surface area contributed by atoms with Crippen LogP contribution in [0.5, 0.6) is 0 Å². The van der Waals surface area contributed by atoms with Crippen LogP contribution in [0.2, 0.25) is 0 Å². The Balaban J connectivity index is 0.000000152. The minimum Gasteiger partial charge on any atom is -0.423 e. The van der Waals surface area contributed by atoms with E-state index in [0.717, 1.165) is 9.86 Å². The first-order chi connectivity index (χ1) is 12.4. The van der Waals surface area contributed by atoms with Gasteiger partial charge in [-0.05, 0) is 40.2 Å². The summed E-state index contributed by atoms with van der Waals surface area (Å²) in [6.45, 7) is 0. The molecule has 4 aromatic heterocycles. The summed E-state index contributed by atoms with van der Waals surface area (Å²) in [5.74, 6) is 0. The highest BCUT2D eigenvalue weighted by Crippen LogP contribution is 2.13. The predicted molar refractivity (Wildman–Crippen MR) is 102 cm³/mol. The molecule has 4 aromatic rings. The quantitative estimate of drug-likeness (QED) is 0.331. The summed E-state index contributed by atoms with van der Waals surface area (Å²) >= 11 is 3.30. The summed E-state index contributed by atoms with van der Waals surface area (Å²) in [6, 6.07) is 9.62. The van der Waals surface area contributed by atoms with E-state index in [-0.39, 0.29) is 11.1 Å². The minimum atomic E-state index is -1.54. The molecule has 0 bridgehead atoms. The van der Waals surface area contributed by atoms with Crippen LogP contribution in [0.4, 0.5) is 0 Å². The second-order valence-corrected chi connectivity index (χ2v) is 6.23. The van der Waals surface area contributed by atoms with Crippen LogP contribution in [0, 0.1) is 0 Å². The highest BCUT2D eigenvalue weighted by Gasteiger charge is 2.11. The first-order valence-corrected chi connectivity index (χ1v) is 8.21. The van der Waals surface area contributed by atoms with Crippen molar-refractivity contribution in [1.29, 1.82) is 0 Å². The highest BCUT2D eigenvalue weighted by atomic mass is 79.9. The Kier molecular flexibility index (Phi) is 5.26. The van der Waals surface area contributed by atoms with Gasteiger partial charge in [-0.25, -0.2) is 9.97 Å². The molecule has 0 aliphatic carbocycles. The number of halogens is 1. The molecule has 26 heavy (non-hydrogen) atoms. The number of hydrogen-bond donors (Lipinski definition) is 4. The topological polar surface area (TPSA) is 132 Å². The average molecular weight is 415 g/mol. The molecule has 0 saturated heterocycles. The van der Waals surface area contributed by atoms with Gasteiger partial charge >= 0.3 is 7.12 Å². The zero-order valence-electron chi connectivity index (χ0n) is 13.2. The van der Waals surface area contributed by atoms with Crippen molar-refractivity contribution in [2.75, 3.05) is 0 Å². The Morgan fingerprint density at radius 3 is 1.96 bits per heavy atom. The Morgan fingerprint density at radius 2 is 1.38 bits per heavy atom. The lowest BCUT2D eigenvalue weighted by Gasteiger charge is -2.00. The number of H-pyrrole nitrogens is 2. The van der Waals surface area contributed by atoms with Crippen LogP contribution in [0.1, 0.15) is 0 Å². The maximum absolute atomic E-state index is 10.9. The molecule has 0 spiro atoms. The largest absolute Gasteiger partial charge is 0.490 e. The van der Waals surface area contributed by atoms with Crippen molar-refractivity contribution in [2.45, 2.75) is 0 Å². The molecule has 4 N–H and O–H groups in total. The second kappa shape index (κ2) is 7.60. The molecule has 4 rings (SSSR count). The fraction of sp³-hybridized carbons (Fsp3) is 0. The van der Waals surface area contributed by atoms with Gasteiger partial charge < -0.3 is 20.0 Å². The molecule has 130 valence electrons. The zero-order valence-corrected chi connectivity index (χ0v) is 14.8. The van der Waals surface area contributed by atoms with Crippen molar-refractivity contribution < 1.29 is 10.0 Å². The zero-order chi connectivity index (χ0) is 18.7. The van der Waals surface area contributed by atoms with E-state index in [1.165, 1.54) is 18.3 Å². The molecule has 0 radical (unpaired) electrons. The van der Waals surface area contributed by atoms with Crippen LogP contribution in [-0.2, 0) is 0 Å². The predicted octanol–water partition coefficient (Wildman–Crippen LogP) is 0.288. The molecule has 0 fully saturated rings. The molecule has 0 unspecified atom stereocenters. The van der Waals surface area contributed by atoms with Gasteiger partial charge in [0, 0.05) is 45.2 Å². The van der Waals surface area contributed by atoms with Crippen molar-refractivity contribution in [2.24, 2.45) is 0 Å². The van der Waals surface area contributed by atoms with Crippen molar-refractivity contribution in [3.8, 4) is 0 Å². The lowest BCUT2D eigenvalue weighted by atomic mass is 9.81. The van der Waals surface area contributed by atoms with Crippen LogP contribution in [-0.4, -0.2) is 37.1 Å². The third-order valence-corrected chi connectivity index (χ3v) is 3.87. The number of aromatic amines is 2. The van der Waals surface area contributed by atoms with Gasteiger partial charge in [0.05, 0.1) is 0 Å². The molecule has 0 atom stereocenters. The van der Waals surface area contributed by atoms with E-state index in [9.17, 15) is 9.59 Å². The van der Waals surface area contributed by atoms with Crippen molar-refractivity contribution >= 4 is 50.6 Å². The summed E-state index contributed by atoms with van der Waals surface area (Å²) in [5.41, 5.74) is 0.983. The smallest absolute Gasteiger partial charge is 0.423 e. The second-order valence-electron chi connectivity index (χ2n) is 5.32. The van der Waals surface area contributed by atoms with Crippen molar-refractivity contribution in [1.82, 2.24) is 19.9 Å². The number of pyridine rings is 4. The first-order valence-electron chi connectivity index (χ1n) is 7.42. The Labute approximate surface area is 154 Å². The fourth-order valence-electron chi connectivity index (χ4n) is 2.21. The molecule has 0 saturated carbocycles. The molecule has 0 aliphatic heterocycles. The molecule has 0 aliphatic rings. The van der Waals surface area contributed by atoms with E-state index in [0.29, 0.717) is 22.1 Å². The lowest BCUT2D eigenvalue weighted by Crippen LogP contribution is -2.30. The van der Waals surface area contributed by atoms with E-state index >= 15 is 0 Å². The molecular formula is C16H12BBrN4O4. The van der Waals surface area contributed by atoms with Crippen LogP contribution in [0.3, 0.4) is 0 Å². The van der Waals surface area contributed by atoms with E-state index in [2.05, 4.69) is 35.9 Å². The maximum atomic E-state index is 10.9. The normalized spacial score (nSPS) is 10.4. The monoisotopic (exact) mass is 414 g/mol. The fourth-order valence-corrected chi connectivity index (χ4v) is 2.55. The third kappa shape index (κ3) is 4.23. The molecule has 8 nitrogen and oxygen atoms in total. The number of nitrogens with zero attached hydrogens (tertiary/aromatic N) is 2. The summed E-state index contributed by atoms with van der Waals surface area (Å²) in [7, 11) is -1.54. The van der Waals surface area contributed by atoms with Crippen LogP contribution >= 0.6 is 15.9 Å². The van der Waals surface area contributed by atoms with Gasteiger partial charge in [-0.2, -0.15) is 0 Å². The number of rotatable bonds is 1. The van der Waals surface area contributed by atoms with Gasteiger partial charge in [0.15, 0.2) is 0 Å². The third-order valence-electron chi connectivity index (χ3n) is 3.43. The Hall–Kier alpha value is -2.82. The average Bonchev–Trinajstić information content (AvgIpc) is 2.62. The summed E-state index contributed by atoms with van der Waals surface area (Å²) in [6.07, 6.45) is 2.96. The van der Waals surface area contributed by atoms with Gasteiger partial charge in [0.1, 0.15) is 11.3 Å². The van der Waals surface area contributed by atoms with Crippen LogP contribution in [0.15, 0.2) is 62.9 Å². The van der Waals surface area contributed by atoms with Gasteiger partial charge in [0.25, 0.3) is 0 Å². The van der Waals surface area contributed by atoms with E-state index in [1.807, 2.05) is 6.07 Å². The van der Waals surface area contributed by atoms with Gasteiger partial charge in [-0.3, -0.25) is 9.59 Å². The lowest BCUT2D eigenvalue weighted by molar-refractivity contribution is 0.425. The summed E-state index contributed by atoms with van der Waals surface area (Å²) in [4.78, 5) is 34.9. The highest BCUT2D eigenvalue weighted by molar-refractivity contribution is 9.10. The number of aromatic nitrogens is 4. The minimum absolute atomic E-state index is 0.127. The molecule has 0 amide bonds. The number of hydrogen-bond acceptors (Lipinski definition) is 6. The number of fused-ring (bicyclic) bond motifs is 2. The summed E-state index contributed by atoms with van der Waals surface area (Å²) in [5, 5.41) is 19.3. The Bertz CT molecular complexity index is 1190. The van der Waals surface area contributed by atoms with Crippen LogP contribution in [0.25, 0.3) is 22.1 Å². The van der Waals surface area contributed by atoms with Gasteiger partial charge in [0.2, 0.25) is 11.1 Å². The van der Waals surface area contributed by atoms with Gasteiger partial charge in [-0.1, -0.05) is 0 Å². The molecule has 4 heterocycles. The maximum Gasteiger partial charge on any atom is 0.490 e.